The average molecular weight is 540 g/mol. The molecule has 10 nitrogen and oxygen atoms in total. The summed E-state index contributed by atoms with van der Waals surface area (Å²) in [5.41, 5.74) is -3.99. The van der Waals surface area contributed by atoms with Crippen LogP contribution in [0.25, 0.3) is 16.6 Å². The molecule has 15 heteroatoms. The van der Waals surface area contributed by atoms with E-state index in [0.717, 1.165) is 23.5 Å². The van der Waals surface area contributed by atoms with Crippen molar-refractivity contribution in [3.63, 3.8) is 0 Å². The van der Waals surface area contributed by atoms with E-state index < -0.39 is 50.4 Å². The lowest BCUT2D eigenvalue weighted by Crippen LogP contribution is -2.35. The Morgan fingerprint density at radius 2 is 1.78 bits per heavy atom. The molecule has 0 fully saturated rings. The quantitative estimate of drug-likeness (QED) is 0.307. The number of sulfonamides is 1. The number of H-pyrrole nitrogens is 1. The van der Waals surface area contributed by atoms with Crippen LogP contribution in [0.2, 0.25) is 0 Å². The van der Waals surface area contributed by atoms with Crippen LogP contribution in [0, 0.1) is 0 Å². The molecule has 0 aliphatic heterocycles. The van der Waals surface area contributed by atoms with Gasteiger partial charge in [-0.15, -0.1) is 11.3 Å². The van der Waals surface area contributed by atoms with Crippen molar-refractivity contribution in [2.45, 2.75) is 10.4 Å². The number of carbonyl (C=O) groups is 1. The van der Waals surface area contributed by atoms with Gasteiger partial charge in [0.25, 0.3) is 15.6 Å². The molecule has 0 atom stereocenters. The molecule has 2 amide bonds. The molecule has 2 aromatic heterocycles. The number of amides is 2. The summed E-state index contributed by atoms with van der Waals surface area (Å²) in [5.74, 6) is 0. The molecule has 0 bridgehead atoms. The molecule has 2 heterocycles. The van der Waals surface area contributed by atoms with E-state index in [4.69, 9.17) is 0 Å². The summed E-state index contributed by atoms with van der Waals surface area (Å²) < 4.78 is 68.0. The van der Waals surface area contributed by atoms with Crippen LogP contribution in [0.1, 0.15) is 5.56 Å². The summed E-state index contributed by atoms with van der Waals surface area (Å²) >= 11 is 0.841. The molecule has 0 aliphatic carbocycles. The number of hydrogen-bond donors (Lipinski definition) is 4. The van der Waals surface area contributed by atoms with Crippen molar-refractivity contribution in [1.82, 2.24) is 14.3 Å². The second-order valence-electron chi connectivity index (χ2n) is 7.30. The minimum Gasteiger partial charge on any atom is -0.388 e. The standard InChI is InChI=1S/C21H16F3N5O5S2/c1-25-11-4-6-13-15(10-11)27-20(32)29(18(13)30)16-7-5-12(9-14(16)21(22,23)24)26-19(31)28-36(33,34)17-3-2-8-35-17/h2-10,25H,1H3,(H,27,32)(H2,26,28,31). The van der Waals surface area contributed by atoms with Crippen LogP contribution in [-0.2, 0) is 16.2 Å². The van der Waals surface area contributed by atoms with Crippen molar-refractivity contribution in [2.75, 3.05) is 17.7 Å². The maximum absolute atomic E-state index is 13.9. The van der Waals surface area contributed by atoms with Crippen molar-refractivity contribution in [3.8, 4) is 5.69 Å². The molecule has 0 spiro atoms. The summed E-state index contributed by atoms with van der Waals surface area (Å²) in [5, 5.41) is 6.28. The van der Waals surface area contributed by atoms with E-state index in [1.165, 1.54) is 35.7 Å². The first-order valence-corrected chi connectivity index (χ1v) is 12.3. The molecule has 0 radical (unpaired) electrons. The van der Waals surface area contributed by atoms with Gasteiger partial charge in [-0.1, -0.05) is 6.07 Å². The third-order valence-electron chi connectivity index (χ3n) is 4.97. The predicted octanol–water partition coefficient (Wildman–Crippen LogP) is 3.31. The highest BCUT2D eigenvalue weighted by atomic mass is 32.2. The zero-order valence-corrected chi connectivity index (χ0v) is 19.8. The Bertz CT molecular complexity index is 1690. The number of nitrogens with one attached hydrogen (secondary N) is 4. The number of alkyl halides is 3. The normalized spacial score (nSPS) is 11.9. The van der Waals surface area contributed by atoms with Crippen molar-refractivity contribution < 1.29 is 26.4 Å². The average Bonchev–Trinajstić information content (AvgIpc) is 3.34. The monoisotopic (exact) mass is 539 g/mol. The number of benzene rings is 2. The van der Waals surface area contributed by atoms with Crippen LogP contribution in [-0.4, -0.2) is 31.0 Å². The Morgan fingerprint density at radius 3 is 2.42 bits per heavy atom. The van der Waals surface area contributed by atoms with E-state index >= 15 is 0 Å². The lowest BCUT2D eigenvalue weighted by Gasteiger charge is -2.16. The number of carbonyl (C=O) groups excluding carboxylic acids is 1. The number of aromatic nitrogens is 2. The van der Waals surface area contributed by atoms with Crippen molar-refractivity contribution in [3.05, 3.63) is 80.3 Å². The van der Waals surface area contributed by atoms with Gasteiger partial charge in [0.2, 0.25) is 0 Å². The van der Waals surface area contributed by atoms with Crippen molar-refractivity contribution >= 4 is 49.7 Å². The SMILES string of the molecule is CNc1ccc2c(=O)n(-c3ccc(NC(=O)NS(=O)(=O)c4cccs4)cc3C(F)(F)F)c(=O)[nH]c2c1. The van der Waals surface area contributed by atoms with Crippen LogP contribution < -0.4 is 26.6 Å². The molecule has 0 unspecified atom stereocenters. The number of urea groups is 1. The van der Waals surface area contributed by atoms with E-state index in [-0.39, 0.29) is 15.1 Å². The van der Waals surface area contributed by atoms with Crippen molar-refractivity contribution in [2.24, 2.45) is 0 Å². The van der Waals surface area contributed by atoms with Gasteiger partial charge >= 0.3 is 17.9 Å². The van der Waals surface area contributed by atoms with Gasteiger partial charge in [-0.05, 0) is 47.8 Å². The van der Waals surface area contributed by atoms with Gasteiger partial charge in [0.15, 0.2) is 0 Å². The zero-order valence-electron chi connectivity index (χ0n) is 18.1. The maximum Gasteiger partial charge on any atom is 0.418 e. The molecule has 0 saturated carbocycles. The van der Waals surface area contributed by atoms with Crippen molar-refractivity contribution in [1.29, 1.82) is 0 Å². The lowest BCUT2D eigenvalue weighted by atomic mass is 10.1. The summed E-state index contributed by atoms with van der Waals surface area (Å²) in [6, 6.07) is 8.06. The molecule has 188 valence electrons. The highest BCUT2D eigenvalue weighted by Gasteiger charge is 2.35. The maximum atomic E-state index is 13.9. The highest BCUT2D eigenvalue weighted by molar-refractivity contribution is 7.92. The van der Waals surface area contributed by atoms with E-state index in [9.17, 15) is 36.0 Å². The fourth-order valence-corrected chi connectivity index (χ4v) is 5.27. The van der Waals surface area contributed by atoms with Crippen LogP contribution in [0.15, 0.2) is 67.7 Å². The van der Waals surface area contributed by atoms with Crippen LogP contribution in [0.5, 0.6) is 0 Å². The Morgan fingerprint density at radius 1 is 1.06 bits per heavy atom. The number of thiophene rings is 1. The second kappa shape index (κ2) is 9.16. The van der Waals surface area contributed by atoms with Crippen LogP contribution in [0.3, 0.4) is 0 Å². The number of aromatic amines is 1. The molecule has 4 rings (SSSR count). The number of halogens is 3. The third-order valence-corrected chi connectivity index (χ3v) is 7.70. The molecular weight excluding hydrogens is 523 g/mol. The summed E-state index contributed by atoms with van der Waals surface area (Å²) in [6.07, 6.45) is -5.04. The van der Waals surface area contributed by atoms with Gasteiger partial charge in [0, 0.05) is 18.4 Å². The van der Waals surface area contributed by atoms with Gasteiger partial charge in [-0.3, -0.25) is 4.79 Å². The molecule has 0 saturated heterocycles. The fraction of sp³-hybridized carbons (Fsp3) is 0.0952. The van der Waals surface area contributed by atoms with E-state index in [2.05, 4.69) is 10.3 Å². The summed E-state index contributed by atoms with van der Waals surface area (Å²) in [6.45, 7) is 0. The number of anilines is 2. The number of fused-ring (bicyclic) bond motifs is 1. The molecular formula is C21H16F3N5O5S2. The lowest BCUT2D eigenvalue weighted by molar-refractivity contribution is -0.137. The first kappa shape index (κ1) is 25.0. The number of hydrogen-bond acceptors (Lipinski definition) is 7. The topological polar surface area (TPSA) is 142 Å². The smallest absolute Gasteiger partial charge is 0.388 e. The summed E-state index contributed by atoms with van der Waals surface area (Å²) in [7, 11) is -2.61. The second-order valence-corrected chi connectivity index (χ2v) is 10.2. The largest absolute Gasteiger partial charge is 0.418 e. The number of rotatable bonds is 5. The van der Waals surface area contributed by atoms with Gasteiger partial charge in [0.1, 0.15) is 4.21 Å². The number of nitrogens with zero attached hydrogens (tertiary/aromatic N) is 1. The first-order valence-electron chi connectivity index (χ1n) is 9.96. The van der Waals surface area contributed by atoms with E-state index in [0.29, 0.717) is 16.3 Å². The van der Waals surface area contributed by atoms with Gasteiger partial charge in [0.05, 0.1) is 22.2 Å². The highest BCUT2D eigenvalue weighted by Crippen LogP contribution is 2.35. The first-order chi connectivity index (χ1) is 16.9. The van der Waals surface area contributed by atoms with Gasteiger partial charge in [-0.25, -0.2) is 27.3 Å². The Labute approximate surface area is 204 Å². The summed E-state index contributed by atoms with van der Waals surface area (Å²) in [4.78, 5) is 40.2. The minimum atomic E-state index is -5.04. The van der Waals surface area contributed by atoms with E-state index in [1.54, 1.807) is 11.8 Å². The third kappa shape index (κ3) is 4.83. The molecule has 4 N–H and O–H groups in total. The predicted molar refractivity (Wildman–Crippen MR) is 128 cm³/mol. The van der Waals surface area contributed by atoms with E-state index in [1.807, 2.05) is 5.32 Å². The Balaban J connectivity index is 1.75. The van der Waals surface area contributed by atoms with Crippen LogP contribution >= 0.6 is 11.3 Å². The fourth-order valence-electron chi connectivity index (χ4n) is 3.37. The minimum absolute atomic E-state index is 0.0258. The molecule has 4 aromatic rings. The molecule has 2 aromatic carbocycles. The Hall–Kier alpha value is -4.11. The van der Waals surface area contributed by atoms with Crippen LogP contribution in [0.4, 0.5) is 29.3 Å². The van der Waals surface area contributed by atoms with Gasteiger partial charge in [-0.2, -0.15) is 13.2 Å². The molecule has 36 heavy (non-hydrogen) atoms. The van der Waals surface area contributed by atoms with Gasteiger partial charge < -0.3 is 15.6 Å². The Kier molecular flexibility index (Phi) is 6.36. The zero-order chi connectivity index (χ0) is 26.3. The molecule has 0 aliphatic rings.